The first-order chi connectivity index (χ1) is 19.8. The molecular formula is C23H42O19. The van der Waals surface area contributed by atoms with Crippen LogP contribution in [-0.4, -0.2) is 203 Å². The predicted molar refractivity (Wildman–Crippen MR) is 129 cm³/mol. The molecule has 3 heterocycles. The fourth-order valence-corrected chi connectivity index (χ4v) is 4.89. The molecule has 13 N–H and O–H groups in total. The molecule has 1 unspecified atom stereocenters. The second-order valence-corrected chi connectivity index (χ2v) is 10.4. The molecule has 0 saturated carbocycles. The number of aliphatic hydroxyl groups is 13. The van der Waals surface area contributed by atoms with Crippen molar-refractivity contribution in [2.24, 2.45) is 0 Å². The van der Waals surface area contributed by atoms with Crippen LogP contribution in [0.1, 0.15) is 6.92 Å². The van der Waals surface area contributed by atoms with Gasteiger partial charge in [0.1, 0.15) is 85.5 Å². The van der Waals surface area contributed by atoms with Gasteiger partial charge in [-0.3, -0.25) is 0 Å². The molecule has 3 saturated heterocycles. The van der Waals surface area contributed by atoms with Crippen LogP contribution in [0, 0.1) is 0 Å². The Labute approximate surface area is 239 Å². The lowest BCUT2D eigenvalue weighted by molar-refractivity contribution is -0.383. The Kier molecular flexibility index (Phi) is 13.2. The maximum atomic E-state index is 11.0. The summed E-state index contributed by atoms with van der Waals surface area (Å²) in [7, 11) is 0. The van der Waals surface area contributed by atoms with Gasteiger partial charge in [-0.15, -0.1) is 0 Å². The summed E-state index contributed by atoms with van der Waals surface area (Å²) in [5.74, 6) is 0. The molecule has 0 aromatic rings. The molecule has 3 rings (SSSR count). The normalized spacial score (nSPS) is 47.1. The number of ether oxygens (including phenoxy) is 6. The monoisotopic (exact) mass is 622 g/mol. The summed E-state index contributed by atoms with van der Waals surface area (Å²) in [6.07, 6.45) is -30.8. The van der Waals surface area contributed by atoms with Crippen LogP contribution in [0.4, 0.5) is 0 Å². The van der Waals surface area contributed by atoms with Gasteiger partial charge in [-0.25, -0.2) is 0 Å². The molecule has 19 heteroatoms. The second-order valence-electron chi connectivity index (χ2n) is 10.4. The van der Waals surface area contributed by atoms with Gasteiger partial charge in [0.15, 0.2) is 18.9 Å². The van der Waals surface area contributed by atoms with E-state index in [1.807, 2.05) is 0 Å². The Morgan fingerprint density at radius 1 is 0.548 bits per heavy atom. The Bertz CT molecular complexity index is 798. The highest BCUT2D eigenvalue weighted by Crippen LogP contribution is 2.33. The van der Waals surface area contributed by atoms with Gasteiger partial charge >= 0.3 is 0 Å². The largest absolute Gasteiger partial charge is 0.394 e. The van der Waals surface area contributed by atoms with E-state index in [0.717, 1.165) is 0 Å². The zero-order valence-electron chi connectivity index (χ0n) is 22.5. The van der Waals surface area contributed by atoms with Crippen molar-refractivity contribution in [1.29, 1.82) is 0 Å². The van der Waals surface area contributed by atoms with Gasteiger partial charge in [0.2, 0.25) is 0 Å². The highest BCUT2D eigenvalue weighted by Gasteiger charge is 2.54. The molecule has 3 aliphatic rings. The zero-order valence-corrected chi connectivity index (χ0v) is 22.5. The van der Waals surface area contributed by atoms with E-state index in [4.69, 9.17) is 28.4 Å². The third-order valence-corrected chi connectivity index (χ3v) is 7.46. The van der Waals surface area contributed by atoms with Crippen molar-refractivity contribution >= 4 is 0 Å². The lowest BCUT2D eigenvalue weighted by Gasteiger charge is -2.48. The van der Waals surface area contributed by atoms with Crippen LogP contribution in [0.5, 0.6) is 0 Å². The minimum atomic E-state index is -1.98. The van der Waals surface area contributed by atoms with Gasteiger partial charge < -0.3 is 94.8 Å². The van der Waals surface area contributed by atoms with Gasteiger partial charge in [0, 0.05) is 0 Å². The molecule has 0 aromatic carbocycles. The minimum absolute atomic E-state index is 0.791. The topological polar surface area (TPSA) is 318 Å². The highest BCUT2D eigenvalue weighted by atomic mass is 16.8. The van der Waals surface area contributed by atoms with Crippen LogP contribution in [0.15, 0.2) is 0 Å². The molecule has 3 fully saturated rings. The van der Waals surface area contributed by atoms with E-state index in [-0.39, 0.29) is 0 Å². The third kappa shape index (κ3) is 7.54. The van der Waals surface area contributed by atoms with Crippen LogP contribution < -0.4 is 0 Å². The summed E-state index contributed by atoms with van der Waals surface area (Å²) in [4.78, 5) is 0. The van der Waals surface area contributed by atoms with Gasteiger partial charge in [-0.05, 0) is 6.92 Å². The minimum Gasteiger partial charge on any atom is -0.394 e. The van der Waals surface area contributed by atoms with Crippen molar-refractivity contribution in [1.82, 2.24) is 0 Å². The predicted octanol–water partition coefficient (Wildman–Crippen LogP) is -8.45. The first-order valence-corrected chi connectivity index (χ1v) is 13.3. The molecule has 19 nitrogen and oxygen atoms in total. The fraction of sp³-hybridized carbons (Fsp3) is 1.00. The summed E-state index contributed by atoms with van der Waals surface area (Å²) in [6, 6.07) is 0. The molecule has 0 bridgehead atoms. The van der Waals surface area contributed by atoms with Crippen molar-refractivity contribution in [2.45, 2.75) is 117 Å². The van der Waals surface area contributed by atoms with E-state index in [1.165, 1.54) is 6.92 Å². The molecule has 0 amide bonds. The molecule has 18 atom stereocenters. The van der Waals surface area contributed by atoms with Gasteiger partial charge in [0.05, 0.1) is 32.5 Å². The van der Waals surface area contributed by atoms with Crippen LogP contribution >= 0.6 is 0 Å². The molecule has 0 spiro atoms. The van der Waals surface area contributed by atoms with E-state index in [2.05, 4.69) is 0 Å². The van der Waals surface area contributed by atoms with E-state index in [0.29, 0.717) is 0 Å². The summed E-state index contributed by atoms with van der Waals surface area (Å²) in [5, 5.41) is 131. The number of rotatable bonds is 12. The van der Waals surface area contributed by atoms with Gasteiger partial charge in [-0.2, -0.15) is 0 Å². The van der Waals surface area contributed by atoms with E-state index in [1.54, 1.807) is 0 Å². The third-order valence-electron chi connectivity index (χ3n) is 7.46. The molecule has 0 aromatic heterocycles. The van der Waals surface area contributed by atoms with Gasteiger partial charge in [-0.1, -0.05) is 0 Å². The Morgan fingerprint density at radius 2 is 1.00 bits per heavy atom. The van der Waals surface area contributed by atoms with Crippen molar-refractivity contribution in [2.75, 3.05) is 26.4 Å². The maximum absolute atomic E-state index is 11.0. The van der Waals surface area contributed by atoms with Crippen LogP contribution in [0.25, 0.3) is 0 Å². The smallest absolute Gasteiger partial charge is 0.187 e. The first kappa shape index (κ1) is 35.7. The summed E-state index contributed by atoms with van der Waals surface area (Å²) in [5.41, 5.74) is 0. The molecule has 0 radical (unpaired) electrons. The summed E-state index contributed by atoms with van der Waals surface area (Å²) < 4.78 is 32.6. The number of aliphatic hydroxyl groups excluding tert-OH is 13. The van der Waals surface area contributed by atoms with Crippen molar-refractivity contribution in [3.8, 4) is 0 Å². The van der Waals surface area contributed by atoms with E-state index >= 15 is 0 Å². The van der Waals surface area contributed by atoms with Crippen LogP contribution in [0.3, 0.4) is 0 Å². The van der Waals surface area contributed by atoms with E-state index < -0.39 is 137 Å². The molecule has 0 aliphatic carbocycles. The zero-order chi connectivity index (χ0) is 31.5. The number of hydrogen-bond acceptors (Lipinski definition) is 19. The van der Waals surface area contributed by atoms with Gasteiger partial charge in [0.25, 0.3) is 0 Å². The van der Waals surface area contributed by atoms with Crippen LogP contribution in [0.2, 0.25) is 0 Å². The average molecular weight is 623 g/mol. The standard InChI is InChI=1S/C23H42O19/c1-6-11(30)19(16(35)22(37-6)40-18(7(28)2-24)8(29)3-25)41-23-17(36)20(13(32)10(5-27)39-23)42-21-15(34)14(33)12(31)9(4-26)38-21/h6-36H,2-5H2,1H3/t6-,7-,8+,9+,10+,11-,12-,13+,14-,15+,16+,17+,18?,19+,20-,21+,22-,23+/m0/s1. The Hall–Kier alpha value is -0.760. The highest BCUT2D eigenvalue weighted by molar-refractivity contribution is 4.96. The molecule has 3 aliphatic heterocycles. The summed E-state index contributed by atoms with van der Waals surface area (Å²) >= 11 is 0. The Morgan fingerprint density at radius 3 is 1.50 bits per heavy atom. The molecular weight excluding hydrogens is 580 g/mol. The quantitative estimate of drug-likeness (QED) is 0.0960. The van der Waals surface area contributed by atoms with Crippen LogP contribution in [-0.2, 0) is 28.4 Å². The van der Waals surface area contributed by atoms with Crippen molar-refractivity contribution < 1.29 is 94.8 Å². The van der Waals surface area contributed by atoms with E-state index in [9.17, 15) is 66.4 Å². The SMILES string of the molecule is C[C@@H]1O[C@@H](OC([C@H](O)CO)[C@@H](O)CO)[C@H](O)[C@H](O[C@H]2O[C@H](CO)[C@@H](O)[C@H](O[C@H]3O[C@H](CO)[C@H](O)[C@H](O)[C@H]3O)[C@H]2O)[C@H]1O. The molecule has 42 heavy (non-hydrogen) atoms. The fourth-order valence-electron chi connectivity index (χ4n) is 4.89. The Balaban J connectivity index is 1.80. The lowest BCUT2D eigenvalue weighted by Crippen LogP contribution is -2.66. The average Bonchev–Trinajstić information content (AvgIpc) is 2.98. The number of hydrogen-bond donors (Lipinski definition) is 13. The molecule has 248 valence electrons. The second kappa shape index (κ2) is 15.5. The summed E-state index contributed by atoms with van der Waals surface area (Å²) in [6.45, 7) is -2.10. The first-order valence-electron chi connectivity index (χ1n) is 13.3. The van der Waals surface area contributed by atoms with Crippen molar-refractivity contribution in [3.05, 3.63) is 0 Å². The maximum Gasteiger partial charge on any atom is 0.187 e. The lowest BCUT2D eigenvalue weighted by atomic mass is 9.96. The van der Waals surface area contributed by atoms with Crippen molar-refractivity contribution in [3.63, 3.8) is 0 Å².